The standard InChI is InChI=1S/C21H37NO4S/c1-22(24)21(23)9-5-6-13-25-15-18-17(19-10-11-20(18)26-19)12-14-27-16-7-3-2-4-8-16/h16-20,24H,2-15H2,1H3. The number of amides is 1. The molecule has 3 fully saturated rings. The lowest BCUT2D eigenvalue weighted by Gasteiger charge is -2.28. The van der Waals surface area contributed by atoms with Gasteiger partial charge in [0.2, 0.25) is 5.91 Å². The number of carbonyl (C=O) groups is 1. The van der Waals surface area contributed by atoms with Gasteiger partial charge in [0, 0.05) is 31.2 Å². The van der Waals surface area contributed by atoms with Gasteiger partial charge >= 0.3 is 0 Å². The van der Waals surface area contributed by atoms with E-state index in [1.54, 1.807) is 0 Å². The van der Waals surface area contributed by atoms with Gasteiger partial charge in [-0.1, -0.05) is 19.3 Å². The van der Waals surface area contributed by atoms with Crippen LogP contribution in [0, 0.1) is 11.8 Å². The molecule has 2 saturated heterocycles. The Balaban J connectivity index is 1.31. The minimum atomic E-state index is -0.230. The van der Waals surface area contributed by atoms with Crippen LogP contribution in [0.2, 0.25) is 0 Å². The zero-order chi connectivity index (χ0) is 19.1. The van der Waals surface area contributed by atoms with Gasteiger partial charge in [-0.25, -0.2) is 5.06 Å². The predicted octanol–water partition coefficient (Wildman–Crippen LogP) is 4.27. The second-order valence-electron chi connectivity index (χ2n) is 8.49. The fourth-order valence-electron chi connectivity index (χ4n) is 4.97. The zero-order valence-corrected chi connectivity index (χ0v) is 17.6. The van der Waals surface area contributed by atoms with Gasteiger partial charge in [0.1, 0.15) is 0 Å². The third kappa shape index (κ3) is 6.34. The van der Waals surface area contributed by atoms with Crippen molar-refractivity contribution in [2.75, 3.05) is 26.0 Å². The lowest BCUT2D eigenvalue weighted by molar-refractivity contribution is -0.159. The van der Waals surface area contributed by atoms with Gasteiger partial charge in [0.05, 0.1) is 18.8 Å². The van der Waals surface area contributed by atoms with Crippen LogP contribution in [0.3, 0.4) is 0 Å². The van der Waals surface area contributed by atoms with Crippen molar-refractivity contribution in [3.63, 3.8) is 0 Å². The summed E-state index contributed by atoms with van der Waals surface area (Å²) >= 11 is 2.20. The number of rotatable bonds is 11. The summed E-state index contributed by atoms with van der Waals surface area (Å²) in [5.41, 5.74) is 0. The Bertz CT molecular complexity index is 455. The topological polar surface area (TPSA) is 59.0 Å². The third-order valence-corrected chi connectivity index (χ3v) is 7.96. The van der Waals surface area contributed by atoms with E-state index >= 15 is 0 Å². The fraction of sp³-hybridized carbons (Fsp3) is 0.952. The smallest absolute Gasteiger partial charge is 0.245 e. The summed E-state index contributed by atoms with van der Waals surface area (Å²) in [7, 11) is 1.38. The van der Waals surface area contributed by atoms with Gasteiger partial charge in [0.25, 0.3) is 0 Å². The van der Waals surface area contributed by atoms with Crippen molar-refractivity contribution in [1.82, 2.24) is 5.06 Å². The normalized spacial score (nSPS) is 30.7. The number of unbranched alkanes of at least 4 members (excludes halogenated alkanes) is 1. The summed E-state index contributed by atoms with van der Waals surface area (Å²) in [5.74, 6) is 2.27. The van der Waals surface area contributed by atoms with Crippen LogP contribution >= 0.6 is 11.8 Å². The first kappa shape index (κ1) is 21.4. The van der Waals surface area contributed by atoms with E-state index in [1.807, 2.05) is 0 Å². The van der Waals surface area contributed by atoms with E-state index in [-0.39, 0.29) is 5.91 Å². The molecule has 5 nitrogen and oxygen atoms in total. The summed E-state index contributed by atoms with van der Waals surface area (Å²) in [6, 6.07) is 0. The van der Waals surface area contributed by atoms with Gasteiger partial charge in [-0.2, -0.15) is 11.8 Å². The summed E-state index contributed by atoms with van der Waals surface area (Å²) < 4.78 is 12.2. The number of ether oxygens (including phenoxy) is 2. The van der Waals surface area contributed by atoms with E-state index in [1.165, 1.54) is 64.2 Å². The molecule has 0 aromatic carbocycles. The summed E-state index contributed by atoms with van der Waals surface area (Å²) in [4.78, 5) is 11.3. The molecule has 6 heteroatoms. The lowest BCUT2D eigenvalue weighted by Crippen LogP contribution is -2.31. The van der Waals surface area contributed by atoms with Crippen molar-refractivity contribution < 1.29 is 19.5 Å². The molecule has 1 amide bonds. The van der Waals surface area contributed by atoms with Crippen molar-refractivity contribution in [1.29, 1.82) is 0 Å². The molecule has 0 aromatic heterocycles. The molecule has 4 unspecified atom stereocenters. The Morgan fingerprint density at radius 1 is 1.11 bits per heavy atom. The van der Waals surface area contributed by atoms with E-state index in [9.17, 15) is 4.79 Å². The minimum absolute atomic E-state index is 0.230. The number of hydrogen-bond acceptors (Lipinski definition) is 5. The maximum Gasteiger partial charge on any atom is 0.245 e. The Morgan fingerprint density at radius 3 is 2.59 bits per heavy atom. The average Bonchev–Trinajstić information content (AvgIpc) is 3.27. The van der Waals surface area contributed by atoms with Crippen molar-refractivity contribution >= 4 is 17.7 Å². The monoisotopic (exact) mass is 399 g/mol. The van der Waals surface area contributed by atoms with Crippen LogP contribution in [-0.4, -0.2) is 59.6 Å². The molecule has 0 radical (unpaired) electrons. The molecule has 2 heterocycles. The zero-order valence-electron chi connectivity index (χ0n) is 16.8. The average molecular weight is 400 g/mol. The van der Waals surface area contributed by atoms with Crippen LogP contribution in [0.25, 0.3) is 0 Å². The second-order valence-corrected chi connectivity index (χ2v) is 9.90. The minimum Gasteiger partial charge on any atom is -0.381 e. The maximum absolute atomic E-state index is 11.3. The van der Waals surface area contributed by atoms with Gasteiger partial charge in [0.15, 0.2) is 0 Å². The molecule has 156 valence electrons. The highest BCUT2D eigenvalue weighted by molar-refractivity contribution is 7.99. The number of thioether (sulfide) groups is 1. The molecule has 0 spiro atoms. The molecular formula is C21H37NO4S. The molecule has 2 bridgehead atoms. The lowest BCUT2D eigenvalue weighted by atomic mass is 9.78. The predicted molar refractivity (Wildman–Crippen MR) is 108 cm³/mol. The number of nitrogens with zero attached hydrogens (tertiary/aromatic N) is 1. The molecular weight excluding hydrogens is 362 g/mol. The van der Waals surface area contributed by atoms with Crippen molar-refractivity contribution in [3.05, 3.63) is 0 Å². The molecule has 2 aliphatic heterocycles. The van der Waals surface area contributed by atoms with Gasteiger partial charge in [-0.15, -0.1) is 0 Å². The summed E-state index contributed by atoms with van der Waals surface area (Å²) in [6.07, 6.45) is 13.7. The van der Waals surface area contributed by atoms with Crippen molar-refractivity contribution in [2.45, 2.75) is 88.1 Å². The first-order valence-corrected chi connectivity index (χ1v) is 12.0. The van der Waals surface area contributed by atoms with Crippen LogP contribution in [0.4, 0.5) is 0 Å². The first-order valence-electron chi connectivity index (χ1n) is 11.0. The van der Waals surface area contributed by atoms with E-state index in [0.717, 1.165) is 24.7 Å². The molecule has 4 atom stereocenters. The van der Waals surface area contributed by atoms with Gasteiger partial charge in [-0.05, 0) is 56.6 Å². The number of hydrogen-bond donors (Lipinski definition) is 1. The number of hydroxylamine groups is 2. The van der Waals surface area contributed by atoms with Crippen LogP contribution in [-0.2, 0) is 14.3 Å². The molecule has 3 aliphatic rings. The van der Waals surface area contributed by atoms with Crippen LogP contribution in [0.1, 0.15) is 70.6 Å². The Morgan fingerprint density at radius 2 is 1.85 bits per heavy atom. The fourth-order valence-corrected chi connectivity index (χ4v) is 6.37. The highest BCUT2D eigenvalue weighted by Gasteiger charge is 2.48. The van der Waals surface area contributed by atoms with Crippen LogP contribution in [0.5, 0.6) is 0 Å². The van der Waals surface area contributed by atoms with Crippen molar-refractivity contribution in [3.8, 4) is 0 Å². The Hall–Kier alpha value is -0.300. The largest absolute Gasteiger partial charge is 0.381 e. The summed E-state index contributed by atoms with van der Waals surface area (Å²) in [6.45, 7) is 1.49. The first-order chi connectivity index (χ1) is 13.1. The van der Waals surface area contributed by atoms with Gasteiger partial charge in [-0.3, -0.25) is 10.0 Å². The summed E-state index contributed by atoms with van der Waals surface area (Å²) in [5, 5.41) is 10.6. The van der Waals surface area contributed by atoms with Crippen molar-refractivity contribution in [2.24, 2.45) is 11.8 Å². The Kier molecular flexibility index (Phi) is 8.75. The quantitative estimate of drug-likeness (QED) is 0.319. The molecule has 1 N–H and O–H groups in total. The highest BCUT2D eigenvalue weighted by atomic mass is 32.2. The molecule has 27 heavy (non-hydrogen) atoms. The number of fused-ring (bicyclic) bond motifs is 2. The molecule has 0 aromatic rings. The number of carbonyl (C=O) groups excluding carboxylic acids is 1. The SMILES string of the molecule is CN(O)C(=O)CCCCOCC1C2CCC(O2)C1CCSC1CCCCC1. The second kappa shape index (κ2) is 11.0. The highest BCUT2D eigenvalue weighted by Crippen LogP contribution is 2.45. The van der Waals surface area contributed by atoms with Crippen LogP contribution < -0.4 is 0 Å². The van der Waals surface area contributed by atoms with E-state index < -0.39 is 0 Å². The Labute approximate surface area is 168 Å². The molecule has 1 saturated carbocycles. The van der Waals surface area contributed by atoms with E-state index in [0.29, 0.717) is 42.1 Å². The van der Waals surface area contributed by atoms with Crippen LogP contribution in [0.15, 0.2) is 0 Å². The molecule has 3 rings (SSSR count). The maximum atomic E-state index is 11.3. The molecule has 1 aliphatic carbocycles. The van der Waals surface area contributed by atoms with E-state index in [4.69, 9.17) is 14.7 Å². The van der Waals surface area contributed by atoms with E-state index in [2.05, 4.69) is 11.8 Å². The third-order valence-electron chi connectivity index (χ3n) is 6.55. The van der Waals surface area contributed by atoms with Gasteiger partial charge < -0.3 is 9.47 Å².